The van der Waals surface area contributed by atoms with Gasteiger partial charge in [-0.25, -0.2) is 15.8 Å². The number of rotatable bonds is 4. The first kappa shape index (κ1) is 21.9. The van der Waals surface area contributed by atoms with Crippen molar-refractivity contribution in [2.75, 3.05) is 10.3 Å². The fourth-order valence-electron chi connectivity index (χ4n) is 2.70. The highest BCUT2D eigenvalue weighted by Gasteiger charge is 2.33. The average molecular weight is 525 g/mol. The van der Waals surface area contributed by atoms with E-state index in [0.29, 0.717) is 27.2 Å². The summed E-state index contributed by atoms with van der Waals surface area (Å²) in [4.78, 5) is 12.6. The first-order chi connectivity index (χ1) is 15.2. The van der Waals surface area contributed by atoms with Crippen LogP contribution in [0.4, 0.5) is 24.7 Å². The summed E-state index contributed by atoms with van der Waals surface area (Å²) in [5.41, 5.74) is 1.44. The number of hydrazine groups is 1. The predicted octanol–water partition coefficient (Wildman–Crippen LogP) is 5.02. The van der Waals surface area contributed by atoms with Gasteiger partial charge in [0, 0.05) is 22.4 Å². The van der Waals surface area contributed by atoms with E-state index in [-0.39, 0.29) is 16.6 Å². The summed E-state index contributed by atoms with van der Waals surface area (Å²) in [6.07, 6.45) is -1.82. The van der Waals surface area contributed by atoms with Crippen molar-refractivity contribution >= 4 is 56.0 Å². The number of ether oxygens (including phenoxy) is 1. The van der Waals surface area contributed by atoms with Crippen LogP contribution in [0.3, 0.4) is 0 Å². The van der Waals surface area contributed by atoms with Gasteiger partial charge < -0.3 is 14.5 Å². The molecule has 3 N–H and O–H groups in total. The van der Waals surface area contributed by atoms with Crippen LogP contribution in [0.1, 0.15) is 0 Å². The standard InChI is InChI=1S/C19H12BrF3N6O2S/c20-11-3-4-12(14(9-11)31-19(21,22)23)29(24)18(32)27-15-8-10(5-7-25-15)17-28-16-13(30-17)2-1-6-26-16/h1-9H,24H2,(H,25,27,32). The van der Waals surface area contributed by atoms with Gasteiger partial charge in [-0.3, -0.25) is 5.01 Å². The van der Waals surface area contributed by atoms with Crippen LogP contribution in [-0.4, -0.2) is 26.4 Å². The quantitative estimate of drug-likeness (QED) is 0.216. The van der Waals surface area contributed by atoms with E-state index >= 15 is 0 Å². The van der Waals surface area contributed by atoms with Crippen molar-refractivity contribution in [1.29, 1.82) is 0 Å². The molecule has 1 aromatic carbocycles. The number of aromatic nitrogens is 3. The Balaban J connectivity index is 1.56. The fraction of sp³-hybridized carbons (Fsp3) is 0.0526. The molecular weight excluding hydrogens is 513 g/mol. The second-order valence-corrected chi connectivity index (χ2v) is 7.54. The third kappa shape index (κ3) is 4.95. The summed E-state index contributed by atoms with van der Waals surface area (Å²) in [6, 6.07) is 10.7. The molecule has 164 valence electrons. The zero-order valence-electron chi connectivity index (χ0n) is 15.8. The van der Waals surface area contributed by atoms with Gasteiger partial charge in [-0.15, -0.1) is 13.2 Å². The summed E-state index contributed by atoms with van der Waals surface area (Å²) in [5.74, 6) is 6.01. The number of nitrogens with one attached hydrogen (secondary N) is 1. The molecule has 8 nitrogen and oxygen atoms in total. The number of hydrogen-bond acceptors (Lipinski definition) is 7. The van der Waals surface area contributed by atoms with E-state index in [1.165, 1.54) is 18.3 Å². The molecule has 0 saturated heterocycles. The van der Waals surface area contributed by atoms with Crippen LogP contribution in [0.15, 0.2) is 63.7 Å². The molecule has 0 aliphatic rings. The molecule has 0 bridgehead atoms. The van der Waals surface area contributed by atoms with Crippen LogP contribution in [0, 0.1) is 0 Å². The summed E-state index contributed by atoms with van der Waals surface area (Å²) in [5, 5.41) is 3.50. The van der Waals surface area contributed by atoms with Crippen molar-refractivity contribution in [1.82, 2.24) is 15.0 Å². The molecule has 0 spiro atoms. The van der Waals surface area contributed by atoms with Gasteiger partial charge in [0.05, 0.1) is 0 Å². The van der Waals surface area contributed by atoms with Crippen LogP contribution in [0.5, 0.6) is 5.75 Å². The lowest BCUT2D eigenvalue weighted by molar-refractivity contribution is -0.274. The lowest BCUT2D eigenvalue weighted by Crippen LogP contribution is -2.41. The Hall–Kier alpha value is -3.29. The van der Waals surface area contributed by atoms with Gasteiger partial charge in [-0.1, -0.05) is 15.9 Å². The Bertz CT molecular complexity index is 1270. The number of hydrogen-bond donors (Lipinski definition) is 2. The number of nitrogens with two attached hydrogens (primary N) is 1. The SMILES string of the molecule is NN(C(=S)Nc1cc(-c2nc3ncccc3o2)ccn1)c1ccc(Br)cc1OC(F)(F)F. The van der Waals surface area contributed by atoms with Gasteiger partial charge in [-0.2, -0.15) is 4.98 Å². The van der Waals surface area contributed by atoms with Crippen molar-refractivity contribution < 1.29 is 22.3 Å². The van der Waals surface area contributed by atoms with Crippen molar-refractivity contribution in [2.24, 2.45) is 5.84 Å². The molecule has 13 heteroatoms. The highest BCUT2D eigenvalue weighted by Crippen LogP contribution is 2.34. The third-order valence-corrected chi connectivity index (χ3v) is 4.82. The Morgan fingerprint density at radius 2 is 1.97 bits per heavy atom. The van der Waals surface area contributed by atoms with Gasteiger partial charge >= 0.3 is 6.36 Å². The van der Waals surface area contributed by atoms with Crippen molar-refractivity contribution in [3.63, 3.8) is 0 Å². The first-order valence-electron chi connectivity index (χ1n) is 8.79. The number of halogens is 4. The number of nitrogens with zero attached hydrogens (tertiary/aromatic N) is 4. The van der Waals surface area contributed by atoms with E-state index in [1.54, 1.807) is 30.5 Å². The predicted molar refractivity (Wildman–Crippen MR) is 119 cm³/mol. The monoisotopic (exact) mass is 524 g/mol. The normalized spacial score (nSPS) is 11.4. The minimum atomic E-state index is -4.91. The Morgan fingerprint density at radius 3 is 2.72 bits per heavy atom. The zero-order valence-corrected chi connectivity index (χ0v) is 18.2. The maximum atomic E-state index is 12.8. The number of benzene rings is 1. The van der Waals surface area contributed by atoms with Crippen molar-refractivity contribution in [3.8, 4) is 17.2 Å². The molecule has 0 aliphatic carbocycles. The minimum absolute atomic E-state index is 0.107. The van der Waals surface area contributed by atoms with Gasteiger partial charge in [0.1, 0.15) is 11.5 Å². The molecule has 0 unspecified atom stereocenters. The number of pyridine rings is 2. The number of thiocarbonyl (C=S) groups is 1. The van der Waals surface area contributed by atoms with Crippen molar-refractivity contribution in [2.45, 2.75) is 6.36 Å². The van der Waals surface area contributed by atoms with E-state index in [2.05, 4.69) is 40.9 Å². The third-order valence-electron chi connectivity index (χ3n) is 4.03. The van der Waals surface area contributed by atoms with Crippen LogP contribution >= 0.6 is 28.1 Å². The minimum Gasteiger partial charge on any atom is -0.434 e. The Kier molecular flexibility index (Phi) is 5.95. The fourth-order valence-corrected chi connectivity index (χ4v) is 3.24. The average Bonchev–Trinajstić information content (AvgIpc) is 3.17. The molecule has 0 fully saturated rings. The highest BCUT2D eigenvalue weighted by atomic mass is 79.9. The number of fused-ring (bicyclic) bond motifs is 1. The van der Waals surface area contributed by atoms with Crippen LogP contribution in [0.25, 0.3) is 22.7 Å². The first-order valence-corrected chi connectivity index (χ1v) is 9.99. The molecule has 0 aliphatic heterocycles. The van der Waals surface area contributed by atoms with Gasteiger partial charge in [-0.05, 0) is 54.7 Å². The van der Waals surface area contributed by atoms with Crippen LogP contribution in [-0.2, 0) is 0 Å². The van der Waals surface area contributed by atoms with Crippen LogP contribution in [0.2, 0.25) is 0 Å². The van der Waals surface area contributed by atoms with E-state index < -0.39 is 12.1 Å². The molecule has 3 aromatic heterocycles. The lowest BCUT2D eigenvalue weighted by atomic mass is 10.2. The highest BCUT2D eigenvalue weighted by molar-refractivity contribution is 9.10. The summed E-state index contributed by atoms with van der Waals surface area (Å²) in [7, 11) is 0. The molecule has 0 atom stereocenters. The summed E-state index contributed by atoms with van der Waals surface area (Å²) < 4.78 is 48.4. The van der Waals surface area contributed by atoms with Crippen LogP contribution < -0.4 is 20.9 Å². The molecule has 0 radical (unpaired) electrons. The summed E-state index contributed by atoms with van der Waals surface area (Å²) >= 11 is 8.34. The molecule has 32 heavy (non-hydrogen) atoms. The maximum Gasteiger partial charge on any atom is 0.573 e. The van der Waals surface area contributed by atoms with Gasteiger partial charge in [0.15, 0.2) is 22.1 Å². The van der Waals surface area contributed by atoms with E-state index in [1.807, 2.05) is 0 Å². The second-order valence-electron chi connectivity index (χ2n) is 6.23. The molecule has 0 saturated carbocycles. The smallest absolute Gasteiger partial charge is 0.434 e. The lowest BCUT2D eigenvalue weighted by Gasteiger charge is -2.23. The summed E-state index contributed by atoms with van der Waals surface area (Å²) in [6.45, 7) is 0. The van der Waals surface area contributed by atoms with E-state index in [9.17, 15) is 13.2 Å². The molecule has 4 rings (SSSR count). The Morgan fingerprint density at radius 1 is 1.16 bits per heavy atom. The van der Waals surface area contributed by atoms with Crippen molar-refractivity contribution in [3.05, 3.63) is 59.3 Å². The number of oxazole rings is 1. The molecular formula is C19H12BrF3N6O2S. The van der Waals surface area contributed by atoms with E-state index in [0.717, 1.165) is 11.1 Å². The number of alkyl halides is 3. The van der Waals surface area contributed by atoms with Gasteiger partial charge in [0.2, 0.25) is 5.89 Å². The Labute approximate surface area is 192 Å². The zero-order chi connectivity index (χ0) is 22.9. The van der Waals surface area contributed by atoms with Gasteiger partial charge in [0.25, 0.3) is 0 Å². The molecule has 4 aromatic rings. The molecule has 3 heterocycles. The topological polar surface area (TPSA) is 102 Å². The van der Waals surface area contributed by atoms with E-state index in [4.69, 9.17) is 22.5 Å². The second kappa shape index (κ2) is 8.68. The maximum absolute atomic E-state index is 12.8. The number of anilines is 2. The molecule has 0 amide bonds. The largest absolute Gasteiger partial charge is 0.573 e.